The number of nitrogens with zero attached hydrogens (tertiary/aromatic N) is 2. The third kappa shape index (κ3) is 3.13. The van der Waals surface area contributed by atoms with Gasteiger partial charge in [-0.05, 0) is 43.7 Å². The molecule has 3 atom stereocenters. The molecule has 4 rings (SSSR count). The first-order chi connectivity index (χ1) is 12.5. The zero-order valence-corrected chi connectivity index (χ0v) is 15.8. The summed E-state index contributed by atoms with van der Waals surface area (Å²) >= 11 is 0. The average molecular weight is 375 g/mol. The van der Waals surface area contributed by atoms with Gasteiger partial charge in [-0.1, -0.05) is 31.4 Å². The Bertz CT molecular complexity index is 849. The zero-order valence-electron chi connectivity index (χ0n) is 15.0. The second-order valence-electron chi connectivity index (χ2n) is 7.63. The van der Waals surface area contributed by atoms with Crippen molar-refractivity contribution in [2.45, 2.75) is 50.0 Å². The maximum atomic E-state index is 12.9. The van der Waals surface area contributed by atoms with Crippen LogP contribution in [0, 0.1) is 11.8 Å². The summed E-state index contributed by atoms with van der Waals surface area (Å²) in [7, 11) is -3.57. The number of amidine groups is 1. The van der Waals surface area contributed by atoms with Gasteiger partial charge in [-0.25, -0.2) is 8.42 Å². The van der Waals surface area contributed by atoms with Gasteiger partial charge in [0.05, 0.1) is 4.90 Å². The van der Waals surface area contributed by atoms with Crippen molar-refractivity contribution in [3.8, 4) is 0 Å². The third-order valence-corrected chi connectivity index (χ3v) is 7.34. The molecule has 1 aromatic carbocycles. The molecule has 1 saturated heterocycles. The Balaban J connectivity index is 1.51. The van der Waals surface area contributed by atoms with E-state index in [1.807, 2.05) is 4.90 Å². The molecule has 0 unspecified atom stereocenters. The maximum Gasteiger partial charge on any atom is 0.263 e. The molecule has 1 amide bonds. The van der Waals surface area contributed by atoms with Crippen LogP contribution in [0.3, 0.4) is 0 Å². The Morgan fingerprint density at radius 2 is 1.92 bits per heavy atom. The van der Waals surface area contributed by atoms with Crippen LogP contribution in [0.2, 0.25) is 0 Å². The first-order valence-corrected chi connectivity index (χ1v) is 10.9. The molecule has 3 aliphatic rings. The molecule has 1 aliphatic carbocycles. The van der Waals surface area contributed by atoms with E-state index in [0.29, 0.717) is 11.5 Å². The van der Waals surface area contributed by atoms with Crippen molar-refractivity contribution in [3.63, 3.8) is 0 Å². The number of aliphatic imine (C=N–C) groups is 1. The maximum absolute atomic E-state index is 12.9. The molecule has 26 heavy (non-hydrogen) atoms. The van der Waals surface area contributed by atoms with Gasteiger partial charge in [0.25, 0.3) is 10.0 Å². The van der Waals surface area contributed by atoms with E-state index in [-0.39, 0.29) is 16.6 Å². The van der Waals surface area contributed by atoms with Gasteiger partial charge < -0.3 is 4.90 Å². The quantitative estimate of drug-likeness (QED) is 0.860. The Kier molecular flexibility index (Phi) is 4.50. The molecular weight excluding hydrogens is 350 g/mol. The largest absolute Gasteiger partial charge is 0.341 e. The molecular formula is C19H25N3O3S. The van der Waals surface area contributed by atoms with Crippen molar-refractivity contribution < 1.29 is 13.2 Å². The molecule has 0 bridgehead atoms. The minimum Gasteiger partial charge on any atom is -0.341 e. The summed E-state index contributed by atoms with van der Waals surface area (Å²) in [6.45, 7) is 3.36. The summed E-state index contributed by atoms with van der Waals surface area (Å²) in [6, 6.07) is 6.14. The predicted octanol–water partition coefficient (Wildman–Crippen LogP) is 2.15. The highest BCUT2D eigenvalue weighted by Crippen LogP contribution is 2.36. The van der Waals surface area contributed by atoms with Gasteiger partial charge in [-0.15, -0.1) is 0 Å². The van der Waals surface area contributed by atoms with Crippen molar-refractivity contribution in [1.29, 1.82) is 0 Å². The van der Waals surface area contributed by atoms with E-state index in [1.165, 1.54) is 25.7 Å². The van der Waals surface area contributed by atoms with Crippen LogP contribution in [0.5, 0.6) is 0 Å². The van der Waals surface area contributed by atoms with E-state index in [1.54, 1.807) is 31.2 Å². The lowest BCUT2D eigenvalue weighted by atomic mass is 9.75. The Labute approximate surface area is 154 Å². The van der Waals surface area contributed by atoms with Crippen molar-refractivity contribution in [2.24, 2.45) is 16.8 Å². The molecule has 2 heterocycles. The monoisotopic (exact) mass is 375 g/mol. The fourth-order valence-electron chi connectivity index (χ4n) is 4.54. The van der Waals surface area contributed by atoms with Gasteiger partial charge in [-0.2, -0.15) is 0 Å². The summed E-state index contributed by atoms with van der Waals surface area (Å²) < 4.78 is 26.9. The van der Waals surface area contributed by atoms with Crippen LogP contribution in [-0.2, 0) is 14.8 Å². The predicted molar refractivity (Wildman–Crippen MR) is 99.4 cm³/mol. The molecule has 1 N–H and O–H groups in total. The highest BCUT2D eigenvalue weighted by molar-refractivity contribution is 7.90. The van der Waals surface area contributed by atoms with Crippen LogP contribution in [0.15, 0.2) is 34.2 Å². The molecule has 0 radical (unpaired) electrons. The molecule has 140 valence electrons. The van der Waals surface area contributed by atoms with Crippen LogP contribution in [0.25, 0.3) is 0 Å². The van der Waals surface area contributed by atoms with Crippen LogP contribution < -0.4 is 4.72 Å². The summed E-state index contributed by atoms with van der Waals surface area (Å²) in [5.74, 6) is 1.65. The molecule has 2 aliphatic heterocycles. The summed E-state index contributed by atoms with van der Waals surface area (Å²) in [4.78, 5) is 19.5. The highest BCUT2D eigenvalue weighted by atomic mass is 32.2. The fourth-order valence-corrected chi connectivity index (χ4v) is 5.78. The number of rotatable bonds is 2. The van der Waals surface area contributed by atoms with E-state index >= 15 is 0 Å². The van der Waals surface area contributed by atoms with Crippen LogP contribution in [0.4, 0.5) is 0 Å². The number of carbonyl (C=O) groups excluding carboxylic acids is 1. The fraction of sp³-hybridized carbons (Fsp3) is 0.579. The lowest BCUT2D eigenvalue weighted by Gasteiger charge is -2.41. The number of amides is 1. The van der Waals surface area contributed by atoms with Crippen molar-refractivity contribution in [3.05, 3.63) is 29.8 Å². The van der Waals surface area contributed by atoms with Crippen LogP contribution in [0.1, 0.15) is 44.6 Å². The Hall–Kier alpha value is -1.89. The Morgan fingerprint density at radius 1 is 1.19 bits per heavy atom. The van der Waals surface area contributed by atoms with E-state index < -0.39 is 16.1 Å². The number of piperidine rings is 1. The SMILES string of the molecule is C[C@H](N=C1NS(=O)(=O)c2ccccc21)C(=O)N1CC[C@@H]2CCCC[C@H]2C1. The van der Waals surface area contributed by atoms with Gasteiger partial charge in [0.15, 0.2) is 0 Å². The van der Waals surface area contributed by atoms with Crippen molar-refractivity contribution in [2.75, 3.05) is 13.1 Å². The first kappa shape index (κ1) is 17.5. The second-order valence-corrected chi connectivity index (χ2v) is 9.28. The standard InChI is InChI=1S/C19H25N3O3S/c1-13(19(23)22-11-10-14-6-2-3-7-15(14)12-22)20-18-16-8-4-5-9-17(16)26(24,25)21-18/h4-5,8-9,13-15H,2-3,6-7,10-12H2,1H3,(H,20,21)/t13-,14-,15-/m0/s1. The molecule has 6 nitrogen and oxygen atoms in total. The van der Waals surface area contributed by atoms with Crippen molar-refractivity contribution in [1.82, 2.24) is 9.62 Å². The van der Waals surface area contributed by atoms with Gasteiger partial charge in [0, 0.05) is 18.7 Å². The third-order valence-electron chi connectivity index (χ3n) is 5.95. The van der Waals surface area contributed by atoms with Crippen molar-refractivity contribution >= 4 is 21.8 Å². The van der Waals surface area contributed by atoms with Crippen LogP contribution in [-0.4, -0.2) is 44.2 Å². The topological polar surface area (TPSA) is 78.8 Å². The molecule has 7 heteroatoms. The number of nitrogens with one attached hydrogen (secondary N) is 1. The number of sulfonamides is 1. The second kappa shape index (κ2) is 6.68. The summed E-state index contributed by atoms with van der Waals surface area (Å²) in [6.07, 6.45) is 6.17. The lowest BCUT2D eigenvalue weighted by molar-refractivity contribution is -0.135. The first-order valence-electron chi connectivity index (χ1n) is 9.44. The van der Waals surface area contributed by atoms with E-state index in [4.69, 9.17) is 0 Å². The van der Waals surface area contributed by atoms with E-state index in [9.17, 15) is 13.2 Å². The van der Waals surface area contributed by atoms with Crippen LogP contribution >= 0.6 is 0 Å². The van der Waals surface area contributed by atoms with E-state index in [2.05, 4.69) is 9.71 Å². The van der Waals surface area contributed by atoms with E-state index in [0.717, 1.165) is 25.4 Å². The molecule has 1 aromatic rings. The van der Waals surface area contributed by atoms with Gasteiger partial charge in [-0.3, -0.25) is 14.5 Å². The minimum absolute atomic E-state index is 0.00916. The molecule has 2 fully saturated rings. The number of hydrogen-bond acceptors (Lipinski definition) is 4. The number of hydrogen-bond donors (Lipinski definition) is 1. The minimum atomic E-state index is -3.57. The average Bonchev–Trinajstić information content (AvgIpc) is 2.91. The molecule has 0 spiro atoms. The number of likely N-dealkylation sites (tertiary alicyclic amines) is 1. The van der Waals surface area contributed by atoms with Gasteiger partial charge in [0.2, 0.25) is 5.91 Å². The number of carbonyl (C=O) groups is 1. The highest BCUT2D eigenvalue weighted by Gasteiger charge is 2.35. The smallest absolute Gasteiger partial charge is 0.263 e. The van der Waals surface area contributed by atoms with Gasteiger partial charge in [0.1, 0.15) is 11.9 Å². The lowest BCUT2D eigenvalue weighted by Crippen LogP contribution is -2.47. The summed E-state index contributed by atoms with van der Waals surface area (Å²) in [5, 5.41) is 0. The van der Waals surface area contributed by atoms with Gasteiger partial charge >= 0.3 is 0 Å². The normalized spacial score (nSPS) is 29.6. The molecule has 1 saturated carbocycles. The zero-order chi connectivity index (χ0) is 18.3. The molecule has 0 aromatic heterocycles. The number of fused-ring (bicyclic) bond motifs is 2. The number of benzene rings is 1. The summed E-state index contributed by atoms with van der Waals surface area (Å²) in [5.41, 5.74) is 0.540. The Morgan fingerprint density at radius 3 is 2.73 bits per heavy atom.